The van der Waals surface area contributed by atoms with E-state index in [0.29, 0.717) is 5.56 Å². The van der Waals surface area contributed by atoms with Crippen LogP contribution in [0.2, 0.25) is 0 Å². The molecule has 0 amide bonds. The largest absolute Gasteiger partial charge is 0.504 e. The highest BCUT2D eigenvalue weighted by Crippen LogP contribution is 2.51. The Labute approximate surface area is 122 Å². The minimum atomic E-state index is -1.64. The van der Waals surface area contributed by atoms with Gasteiger partial charge in [0.25, 0.3) is 0 Å². The van der Waals surface area contributed by atoms with Crippen LogP contribution in [0.3, 0.4) is 0 Å². The maximum Gasteiger partial charge on any atom is 0.206 e. The number of hydrogen-bond donors (Lipinski definition) is 3. The average molecular weight is 288 g/mol. The highest BCUT2D eigenvalue weighted by Gasteiger charge is 2.46. The van der Waals surface area contributed by atoms with E-state index in [1.54, 1.807) is 0 Å². The number of phenols is 2. The van der Waals surface area contributed by atoms with Gasteiger partial charge in [0.1, 0.15) is 6.61 Å². The molecular weight excluding hydrogens is 272 g/mol. The number of rotatable bonds is 2. The third kappa shape index (κ3) is 2.02. The molecule has 1 aliphatic rings. The summed E-state index contributed by atoms with van der Waals surface area (Å²) in [6.07, 6.45) is 0. The highest BCUT2D eigenvalue weighted by atomic mass is 16.6. The summed E-state index contributed by atoms with van der Waals surface area (Å²) in [6, 6.07) is 12.2. The molecule has 21 heavy (non-hydrogen) atoms. The lowest BCUT2D eigenvalue weighted by atomic mass is 9.84. The van der Waals surface area contributed by atoms with Gasteiger partial charge in [-0.05, 0) is 17.7 Å². The Morgan fingerprint density at radius 2 is 1.86 bits per heavy atom. The zero-order valence-corrected chi connectivity index (χ0v) is 11.5. The molecule has 0 saturated heterocycles. The lowest BCUT2D eigenvalue weighted by Crippen LogP contribution is -2.42. The van der Waals surface area contributed by atoms with Crippen LogP contribution >= 0.6 is 0 Å². The highest BCUT2D eigenvalue weighted by molar-refractivity contribution is 5.57. The lowest BCUT2D eigenvalue weighted by Gasteiger charge is -2.40. The number of phenolic OH excluding ortho intramolecular Hbond substituents is 2. The Balaban J connectivity index is 2.14. The van der Waals surface area contributed by atoms with Gasteiger partial charge in [-0.25, -0.2) is 0 Å². The predicted molar refractivity (Wildman–Crippen MR) is 75.4 cm³/mol. The van der Waals surface area contributed by atoms with Gasteiger partial charge < -0.3 is 24.8 Å². The Morgan fingerprint density at radius 3 is 2.52 bits per heavy atom. The zero-order valence-electron chi connectivity index (χ0n) is 11.5. The number of aromatic hydroxyl groups is 2. The molecule has 1 aliphatic heterocycles. The van der Waals surface area contributed by atoms with E-state index in [0.717, 1.165) is 5.56 Å². The van der Waals surface area contributed by atoms with Crippen molar-refractivity contribution in [3.63, 3.8) is 0 Å². The number of hydrogen-bond acceptors (Lipinski definition) is 5. The number of fused-ring (bicyclic) bond motifs is 1. The predicted octanol–water partition coefficient (Wildman–Crippen LogP) is 2.07. The molecule has 1 heterocycles. The summed E-state index contributed by atoms with van der Waals surface area (Å²) < 4.78 is 10.9. The topological polar surface area (TPSA) is 79.2 Å². The number of ether oxygens (including phenoxy) is 2. The van der Waals surface area contributed by atoms with Crippen molar-refractivity contribution < 1.29 is 24.8 Å². The molecule has 2 aromatic rings. The molecule has 0 fully saturated rings. The van der Waals surface area contributed by atoms with Gasteiger partial charge in [-0.15, -0.1) is 0 Å². The van der Waals surface area contributed by atoms with Crippen LogP contribution in [0.5, 0.6) is 17.2 Å². The molecule has 110 valence electrons. The third-order valence-electron chi connectivity index (χ3n) is 3.88. The van der Waals surface area contributed by atoms with E-state index in [2.05, 4.69) is 0 Å². The van der Waals surface area contributed by atoms with Gasteiger partial charge in [-0.3, -0.25) is 0 Å². The summed E-state index contributed by atoms with van der Waals surface area (Å²) in [5.74, 6) is -2.73. The summed E-state index contributed by atoms with van der Waals surface area (Å²) in [5, 5.41) is 30.4. The molecule has 0 saturated carbocycles. The fourth-order valence-corrected chi connectivity index (χ4v) is 2.72. The maximum absolute atomic E-state index is 11.0. The average Bonchev–Trinajstić information content (AvgIpc) is 2.52. The second-order valence-electron chi connectivity index (χ2n) is 4.98. The quantitative estimate of drug-likeness (QED) is 0.582. The number of benzene rings is 2. The standard InChI is InChI=1S/C16H16O5/c1-20-16(19)11-7-8-13(17)14(18)15(11)21-9-12(16)10-5-3-2-4-6-10/h2-8,12,17-19H,9H2,1H3. The van der Waals surface area contributed by atoms with Crippen molar-refractivity contribution in [1.29, 1.82) is 0 Å². The lowest BCUT2D eigenvalue weighted by molar-refractivity contribution is -0.224. The normalized spacial score (nSPS) is 24.2. The smallest absolute Gasteiger partial charge is 0.206 e. The molecule has 3 N–H and O–H groups in total. The van der Waals surface area contributed by atoms with Crippen LogP contribution in [0.1, 0.15) is 17.0 Å². The van der Waals surface area contributed by atoms with Crippen LogP contribution in [-0.4, -0.2) is 29.0 Å². The molecule has 2 aromatic carbocycles. The Kier molecular flexibility index (Phi) is 3.23. The van der Waals surface area contributed by atoms with Crippen LogP contribution < -0.4 is 4.74 Å². The molecule has 2 unspecified atom stereocenters. The Hall–Kier alpha value is -2.24. The Bertz CT molecular complexity index is 655. The number of methoxy groups -OCH3 is 1. The first-order chi connectivity index (χ1) is 10.1. The van der Waals surface area contributed by atoms with Crippen molar-refractivity contribution in [2.24, 2.45) is 0 Å². The van der Waals surface area contributed by atoms with Gasteiger partial charge in [0, 0.05) is 7.11 Å². The van der Waals surface area contributed by atoms with E-state index >= 15 is 0 Å². The van der Waals surface area contributed by atoms with Gasteiger partial charge in [0.2, 0.25) is 11.5 Å². The van der Waals surface area contributed by atoms with Gasteiger partial charge in [0.05, 0.1) is 11.5 Å². The molecule has 0 aliphatic carbocycles. The molecular formula is C16H16O5. The minimum Gasteiger partial charge on any atom is -0.504 e. The summed E-state index contributed by atoms with van der Waals surface area (Å²) in [5.41, 5.74) is 1.15. The summed E-state index contributed by atoms with van der Waals surface area (Å²) in [7, 11) is 1.40. The van der Waals surface area contributed by atoms with Gasteiger partial charge in [-0.1, -0.05) is 30.3 Å². The van der Waals surface area contributed by atoms with Crippen molar-refractivity contribution in [3.8, 4) is 17.2 Å². The van der Waals surface area contributed by atoms with Crippen LogP contribution in [0.4, 0.5) is 0 Å². The van der Waals surface area contributed by atoms with Gasteiger partial charge in [-0.2, -0.15) is 0 Å². The van der Waals surface area contributed by atoms with Crippen LogP contribution in [0.25, 0.3) is 0 Å². The van der Waals surface area contributed by atoms with Gasteiger partial charge in [0.15, 0.2) is 11.5 Å². The van der Waals surface area contributed by atoms with Crippen LogP contribution in [0.15, 0.2) is 42.5 Å². The second kappa shape index (κ2) is 4.95. The van der Waals surface area contributed by atoms with E-state index in [-0.39, 0.29) is 18.1 Å². The second-order valence-corrected chi connectivity index (χ2v) is 4.98. The van der Waals surface area contributed by atoms with Crippen LogP contribution in [0, 0.1) is 0 Å². The fourth-order valence-electron chi connectivity index (χ4n) is 2.72. The summed E-state index contributed by atoms with van der Waals surface area (Å²) >= 11 is 0. The third-order valence-corrected chi connectivity index (χ3v) is 3.88. The minimum absolute atomic E-state index is 0.0477. The zero-order chi connectivity index (χ0) is 15.0. The first-order valence-electron chi connectivity index (χ1n) is 6.58. The Morgan fingerprint density at radius 1 is 1.14 bits per heavy atom. The van der Waals surface area contributed by atoms with E-state index in [1.165, 1.54) is 19.2 Å². The van der Waals surface area contributed by atoms with E-state index < -0.39 is 17.5 Å². The van der Waals surface area contributed by atoms with Crippen molar-refractivity contribution in [3.05, 3.63) is 53.6 Å². The molecule has 0 spiro atoms. The van der Waals surface area contributed by atoms with Crippen molar-refractivity contribution in [2.45, 2.75) is 11.7 Å². The molecule has 5 nitrogen and oxygen atoms in total. The van der Waals surface area contributed by atoms with Crippen LogP contribution in [-0.2, 0) is 10.5 Å². The summed E-state index contributed by atoms with van der Waals surface area (Å²) in [4.78, 5) is 0. The molecule has 3 rings (SSSR count). The number of aliphatic hydroxyl groups is 1. The monoisotopic (exact) mass is 288 g/mol. The maximum atomic E-state index is 11.0. The molecule has 0 bridgehead atoms. The van der Waals surface area contributed by atoms with E-state index in [9.17, 15) is 15.3 Å². The first-order valence-corrected chi connectivity index (χ1v) is 6.58. The SMILES string of the molecule is COC1(O)c2ccc(O)c(O)c2OCC1c1ccccc1. The van der Waals surface area contributed by atoms with Crippen molar-refractivity contribution in [2.75, 3.05) is 13.7 Å². The van der Waals surface area contributed by atoms with Gasteiger partial charge >= 0.3 is 0 Å². The van der Waals surface area contributed by atoms with E-state index in [4.69, 9.17) is 9.47 Å². The molecule has 2 atom stereocenters. The van der Waals surface area contributed by atoms with Crippen molar-refractivity contribution >= 4 is 0 Å². The molecule has 5 heteroatoms. The van der Waals surface area contributed by atoms with E-state index in [1.807, 2.05) is 30.3 Å². The molecule has 0 aromatic heterocycles. The fraction of sp³-hybridized carbons (Fsp3) is 0.250. The first kappa shape index (κ1) is 13.7. The van der Waals surface area contributed by atoms with Crippen molar-refractivity contribution in [1.82, 2.24) is 0 Å². The summed E-state index contributed by atoms with van der Waals surface area (Å²) in [6.45, 7) is 0.123. The molecule has 0 radical (unpaired) electrons.